The average molecular weight is 499 g/mol. The minimum atomic E-state index is -0.855. The number of carbonyl (C=O) groups excluding carboxylic acids is 1. The molecule has 4 N–H and O–H groups in total. The summed E-state index contributed by atoms with van der Waals surface area (Å²) in [5.74, 6) is -1.12. The maximum Gasteiger partial charge on any atom is 0.256 e. The van der Waals surface area contributed by atoms with E-state index in [0.717, 1.165) is 40.0 Å². The highest BCUT2D eigenvalue weighted by Gasteiger charge is 2.24. The minimum Gasteiger partial charge on any atom is -0.366 e. The highest BCUT2D eigenvalue weighted by Crippen LogP contribution is 2.33. The molecule has 0 aliphatic carbocycles. The largest absolute Gasteiger partial charge is 0.366 e. The van der Waals surface area contributed by atoms with Crippen molar-refractivity contribution in [2.75, 3.05) is 17.2 Å². The normalized spacial score (nSPS) is 13.8. The Bertz CT molecular complexity index is 1480. The second kappa shape index (κ2) is 11.0. The number of aromatic amines is 1. The number of benzene rings is 2. The fourth-order valence-corrected chi connectivity index (χ4v) is 4.04. The molecule has 2 aromatic carbocycles. The number of pyridine rings is 1. The van der Waals surface area contributed by atoms with Gasteiger partial charge in [0.1, 0.15) is 5.82 Å². The van der Waals surface area contributed by atoms with E-state index in [-0.39, 0.29) is 5.91 Å². The van der Waals surface area contributed by atoms with Crippen molar-refractivity contribution < 1.29 is 13.6 Å². The van der Waals surface area contributed by atoms with E-state index in [9.17, 15) is 13.6 Å². The van der Waals surface area contributed by atoms with Crippen LogP contribution in [0.4, 0.5) is 20.3 Å². The Hall–Kier alpha value is -4.63. The van der Waals surface area contributed by atoms with Crippen molar-refractivity contribution in [1.82, 2.24) is 20.3 Å². The van der Waals surface area contributed by atoms with Gasteiger partial charge in [0, 0.05) is 42.6 Å². The number of carbonyl (C=O) groups is 1. The molecule has 5 rings (SSSR count). The first-order valence-corrected chi connectivity index (χ1v) is 11.7. The molecule has 0 radical (unpaired) electrons. The van der Waals surface area contributed by atoms with E-state index in [2.05, 4.69) is 30.9 Å². The molecule has 0 unspecified atom stereocenters. The number of H-pyrrole nitrogens is 1. The van der Waals surface area contributed by atoms with Crippen molar-refractivity contribution in [3.05, 3.63) is 113 Å². The molecule has 1 amide bonds. The smallest absolute Gasteiger partial charge is 0.256 e. The number of anilines is 2. The second-order valence-electron chi connectivity index (χ2n) is 8.47. The summed E-state index contributed by atoms with van der Waals surface area (Å²) in [5.41, 5.74) is 5.55. The lowest BCUT2D eigenvalue weighted by Gasteiger charge is -2.11. The molecule has 0 saturated carbocycles. The Kier molecular flexibility index (Phi) is 7.14. The number of hydrogen-bond donors (Lipinski definition) is 4. The zero-order valence-electron chi connectivity index (χ0n) is 19.8. The van der Waals surface area contributed by atoms with E-state index in [4.69, 9.17) is 0 Å². The van der Waals surface area contributed by atoms with Crippen LogP contribution in [0.25, 0.3) is 17.7 Å². The van der Waals surface area contributed by atoms with Gasteiger partial charge in [-0.15, -0.1) is 0 Å². The van der Waals surface area contributed by atoms with Gasteiger partial charge in [-0.3, -0.25) is 4.79 Å². The summed E-state index contributed by atoms with van der Waals surface area (Å²) in [7, 11) is 0. The molecule has 0 spiro atoms. The number of aromatic nitrogens is 3. The highest BCUT2D eigenvalue weighted by atomic mass is 19.2. The van der Waals surface area contributed by atoms with Crippen LogP contribution >= 0.6 is 0 Å². The van der Waals surface area contributed by atoms with Crippen molar-refractivity contribution >= 4 is 35.1 Å². The van der Waals surface area contributed by atoms with Gasteiger partial charge in [-0.1, -0.05) is 36.4 Å². The van der Waals surface area contributed by atoms with E-state index in [1.807, 2.05) is 42.5 Å². The number of hydrogen-bond acceptors (Lipinski definition) is 5. The summed E-state index contributed by atoms with van der Waals surface area (Å²) in [4.78, 5) is 23.8. The van der Waals surface area contributed by atoms with Crippen molar-refractivity contribution in [2.24, 2.45) is 0 Å². The third-order valence-electron chi connectivity index (χ3n) is 5.86. The number of imidazole rings is 1. The number of nitrogens with zero attached hydrogens (tertiary/aromatic N) is 2. The van der Waals surface area contributed by atoms with Gasteiger partial charge < -0.3 is 20.9 Å². The fraction of sp³-hybridized carbons (Fsp3) is 0.107. The SMILES string of the molecule is O=C1Nc2cc(/C=C/CNc3ncccc3CNCc3ccc(F)c(F)c3)ccc2/C1=C/c1cnc[nH]1. The van der Waals surface area contributed by atoms with Crippen LogP contribution in [0.5, 0.6) is 0 Å². The Morgan fingerprint density at radius 1 is 1.03 bits per heavy atom. The first-order chi connectivity index (χ1) is 18.1. The molecule has 0 saturated heterocycles. The zero-order valence-corrected chi connectivity index (χ0v) is 19.8. The zero-order chi connectivity index (χ0) is 25.6. The predicted molar refractivity (Wildman–Crippen MR) is 140 cm³/mol. The summed E-state index contributed by atoms with van der Waals surface area (Å²) in [5, 5.41) is 9.45. The maximum atomic E-state index is 13.4. The first kappa shape index (κ1) is 24.1. The van der Waals surface area contributed by atoms with Gasteiger partial charge in [-0.25, -0.2) is 18.7 Å². The second-order valence-corrected chi connectivity index (χ2v) is 8.47. The van der Waals surface area contributed by atoms with E-state index in [0.29, 0.717) is 30.8 Å². The van der Waals surface area contributed by atoms with E-state index < -0.39 is 11.6 Å². The monoisotopic (exact) mass is 498 g/mol. The summed E-state index contributed by atoms with van der Waals surface area (Å²) >= 11 is 0. The van der Waals surface area contributed by atoms with Gasteiger partial charge in [0.15, 0.2) is 11.6 Å². The van der Waals surface area contributed by atoms with Crippen molar-refractivity contribution in [3.8, 4) is 0 Å². The number of amides is 1. The van der Waals surface area contributed by atoms with Gasteiger partial charge in [0.05, 0.1) is 23.8 Å². The summed E-state index contributed by atoms with van der Waals surface area (Å²) < 4.78 is 26.5. The molecular formula is C28H24F2N6O. The lowest BCUT2D eigenvalue weighted by atomic mass is 10.0. The van der Waals surface area contributed by atoms with Crippen LogP contribution < -0.4 is 16.0 Å². The number of fused-ring (bicyclic) bond motifs is 1. The van der Waals surface area contributed by atoms with Crippen LogP contribution in [0, 0.1) is 11.6 Å². The molecule has 186 valence electrons. The van der Waals surface area contributed by atoms with Crippen LogP contribution in [0.1, 0.15) is 27.9 Å². The van der Waals surface area contributed by atoms with Crippen molar-refractivity contribution in [2.45, 2.75) is 13.1 Å². The molecule has 3 heterocycles. The molecule has 0 atom stereocenters. The molecule has 1 aliphatic heterocycles. The van der Waals surface area contributed by atoms with Gasteiger partial charge in [0.2, 0.25) is 0 Å². The predicted octanol–water partition coefficient (Wildman–Crippen LogP) is 4.99. The Morgan fingerprint density at radius 2 is 1.95 bits per heavy atom. The maximum absolute atomic E-state index is 13.4. The number of halogens is 2. The molecule has 0 fully saturated rings. The molecule has 1 aliphatic rings. The van der Waals surface area contributed by atoms with Crippen LogP contribution in [0.15, 0.2) is 73.3 Å². The average Bonchev–Trinajstić information content (AvgIpc) is 3.52. The molecule has 4 aromatic rings. The van der Waals surface area contributed by atoms with Gasteiger partial charge in [-0.05, 0) is 41.5 Å². The fourth-order valence-electron chi connectivity index (χ4n) is 4.04. The summed E-state index contributed by atoms with van der Waals surface area (Å²) in [6.07, 6.45) is 10.7. The molecule has 2 aromatic heterocycles. The third kappa shape index (κ3) is 5.79. The van der Waals surface area contributed by atoms with E-state index >= 15 is 0 Å². The molecule has 7 nitrogen and oxygen atoms in total. The molecular weight excluding hydrogens is 474 g/mol. The van der Waals surface area contributed by atoms with Gasteiger partial charge in [-0.2, -0.15) is 0 Å². The number of nitrogens with one attached hydrogen (secondary N) is 4. The summed E-state index contributed by atoms with van der Waals surface area (Å²) in [6, 6.07) is 13.5. The highest BCUT2D eigenvalue weighted by molar-refractivity contribution is 6.34. The van der Waals surface area contributed by atoms with Gasteiger partial charge >= 0.3 is 0 Å². The molecule has 9 heteroatoms. The van der Waals surface area contributed by atoms with Crippen LogP contribution in [0.3, 0.4) is 0 Å². The van der Waals surface area contributed by atoms with Crippen molar-refractivity contribution in [1.29, 1.82) is 0 Å². The lowest BCUT2D eigenvalue weighted by molar-refractivity contribution is -0.110. The lowest BCUT2D eigenvalue weighted by Crippen LogP contribution is -2.15. The molecule has 0 bridgehead atoms. The van der Waals surface area contributed by atoms with Crippen LogP contribution in [-0.4, -0.2) is 27.4 Å². The Labute approximate surface area is 212 Å². The third-order valence-corrected chi connectivity index (χ3v) is 5.86. The Balaban J connectivity index is 1.17. The van der Waals surface area contributed by atoms with Gasteiger partial charge in [0.25, 0.3) is 5.91 Å². The Morgan fingerprint density at radius 3 is 2.78 bits per heavy atom. The standard InChI is InChI=1S/C28H24F2N6O/c29-24-8-6-19(11-25(24)30)14-31-15-20-4-2-10-34-27(20)33-9-1-3-18-5-7-22-23(13-21-16-32-17-35-21)28(37)36-26(22)12-18/h1-8,10-13,16-17,31H,9,14-15H2,(H,32,35)(H,33,34)(H,36,37)/b3-1+,23-13-. The van der Waals surface area contributed by atoms with Crippen molar-refractivity contribution in [3.63, 3.8) is 0 Å². The van der Waals surface area contributed by atoms with E-state index in [1.54, 1.807) is 30.9 Å². The molecule has 37 heavy (non-hydrogen) atoms. The van der Waals surface area contributed by atoms with Crippen LogP contribution in [-0.2, 0) is 17.9 Å². The topological polar surface area (TPSA) is 94.7 Å². The van der Waals surface area contributed by atoms with Crippen LogP contribution in [0.2, 0.25) is 0 Å². The quantitative estimate of drug-likeness (QED) is 0.244. The first-order valence-electron chi connectivity index (χ1n) is 11.7. The summed E-state index contributed by atoms with van der Waals surface area (Å²) in [6.45, 7) is 1.46. The minimum absolute atomic E-state index is 0.145. The van der Waals surface area contributed by atoms with E-state index in [1.165, 1.54) is 6.07 Å². The number of rotatable bonds is 9.